The van der Waals surface area contributed by atoms with Crippen molar-refractivity contribution in [3.63, 3.8) is 0 Å². The topological polar surface area (TPSA) is 70.7 Å². The molecule has 23 heavy (non-hydrogen) atoms. The van der Waals surface area contributed by atoms with E-state index in [9.17, 15) is 9.59 Å². The quantitative estimate of drug-likeness (QED) is 0.876. The molecule has 1 unspecified atom stereocenters. The number of urea groups is 1. The molecule has 1 aromatic rings. The van der Waals surface area contributed by atoms with Gasteiger partial charge in [-0.05, 0) is 30.9 Å². The number of hydrogen-bond donors (Lipinski definition) is 2. The molecule has 126 valence electrons. The SMILES string of the molecule is CCC(=O)NCC1CCCN(C(=O)Nc2ccccc2OC)C1. The minimum absolute atomic E-state index is 0.0561. The molecule has 1 heterocycles. The summed E-state index contributed by atoms with van der Waals surface area (Å²) < 4.78 is 5.25. The molecule has 0 bridgehead atoms. The lowest BCUT2D eigenvalue weighted by Gasteiger charge is -2.33. The summed E-state index contributed by atoms with van der Waals surface area (Å²) in [6.45, 7) is 3.86. The van der Waals surface area contributed by atoms with Crippen LogP contribution in [0.4, 0.5) is 10.5 Å². The number of nitrogens with one attached hydrogen (secondary N) is 2. The summed E-state index contributed by atoms with van der Waals surface area (Å²) in [6.07, 6.45) is 2.47. The van der Waals surface area contributed by atoms with E-state index in [1.165, 1.54) is 0 Å². The van der Waals surface area contributed by atoms with Crippen LogP contribution in [0.5, 0.6) is 5.75 Å². The van der Waals surface area contributed by atoms with E-state index in [1.54, 1.807) is 12.0 Å². The van der Waals surface area contributed by atoms with Gasteiger partial charge in [0.05, 0.1) is 12.8 Å². The Balaban J connectivity index is 1.90. The fourth-order valence-electron chi connectivity index (χ4n) is 2.74. The number of hydrogen-bond acceptors (Lipinski definition) is 3. The van der Waals surface area contributed by atoms with Gasteiger partial charge in [0.2, 0.25) is 5.91 Å². The highest BCUT2D eigenvalue weighted by atomic mass is 16.5. The van der Waals surface area contributed by atoms with E-state index in [-0.39, 0.29) is 11.9 Å². The number of para-hydroxylation sites is 2. The number of likely N-dealkylation sites (tertiary alicyclic amines) is 1. The zero-order valence-electron chi connectivity index (χ0n) is 13.8. The summed E-state index contributed by atoms with van der Waals surface area (Å²) >= 11 is 0. The Labute approximate surface area is 137 Å². The van der Waals surface area contributed by atoms with E-state index in [2.05, 4.69) is 10.6 Å². The van der Waals surface area contributed by atoms with Crippen molar-refractivity contribution in [3.8, 4) is 5.75 Å². The number of piperidine rings is 1. The van der Waals surface area contributed by atoms with Crippen LogP contribution in [0.1, 0.15) is 26.2 Å². The molecule has 0 saturated carbocycles. The lowest BCUT2D eigenvalue weighted by Crippen LogP contribution is -2.45. The summed E-state index contributed by atoms with van der Waals surface area (Å²) in [5, 5.41) is 5.81. The maximum atomic E-state index is 12.4. The fourth-order valence-corrected chi connectivity index (χ4v) is 2.74. The third-order valence-corrected chi connectivity index (χ3v) is 4.06. The van der Waals surface area contributed by atoms with Crippen LogP contribution in [-0.2, 0) is 4.79 Å². The van der Waals surface area contributed by atoms with Crippen molar-refractivity contribution in [1.29, 1.82) is 0 Å². The summed E-state index contributed by atoms with van der Waals surface area (Å²) in [6, 6.07) is 7.23. The maximum absolute atomic E-state index is 12.4. The van der Waals surface area contributed by atoms with Crippen molar-refractivity contribution in [2.75, 3.05) is 32.1 Å². The number of carbonyl (C=O) groups is 2. The number of methoxy groups -OCH3 is 1. The molecule has 0 spiro atoms. The van der Waals surface area contributed by atoms with Gasteiger partial charge < -0.3 is 20.3 Å². The Bertz CT molecular complexity index is 548. The summed E-state index contributed by atoms with van der Waals surface area (Å²) in [5.74, 6) is 1.01. The first-order chi connectivity index (χ1) is 11.1. The van der Waals surface area contributed by atoms with Crippen LogP contribution < -0.4 is 15.4 Å². The zero-order chi connectivity index (χ0) is 16.7. The molecule has 1 saturated heterocycles. The summed E-state index contributed by atoms with van der Waals surface area (Å²) in [7, 11) is 1.58. The molecule has 6 heteroatoms. The molecule has 6 nitrogen and oxygen atoms in total. The van der Waals surface area contributed by atoms with Gasteiger partial charge >= 0.3 is 6.03 Å². The van der Waals surface area contributed by atoms with Crippen molar-refractivity contribution in [2.24, 2.45) is 5.92 Å². The molecule has 3 amide bonds. The van der Waals surface area contributed by atoms with Crippen molar-refractivity contribution in [2.45, 2.75) is 26.2 Å². The number of nitrogens with zero attached hydrogens (tertiary/aromatic N) is 1. The van der Waals surface area contributed by atoms with E-state index in [4.69, 9.17) is 4.74 Å². The average molecular weight is 319 g/mol. The van der Waals surface area contributed by atoms with Gasteiger partial charge in [-0.25, -0.2) is 4.79 Å². The molecule has 2 rings (SSSR count). The smallest absolute Gasteiger partial charge is 0.321 e. The molecule has 1 fully saturated rings. The largest absolute Gasteiger partial charge is 0.495 e. The number of amides is 3. The average Bonchev–Trinajstić information content (AvgIpc) is 2.60. The molecular weight excluding hydrogens is 294 g/mol. The van der Waals surface area contributed by atoms with Crippen LogP contribution in [0, 0.1) is 5.92 Å². The van der Waals surface area contributed by atoms with Crippen LogP contribution in [0.3, 0.4) is 0 Å². The number of benzene rings is 1. The highest BCUT2D eigenvalue weighted by Crippen LogP contribution is 2.24. The van der Waals surface area contributed by atoms with Gasteiger partial charge in [-0.15, -0.1) is 0 Å². The Kier molecular flexibility index (Phi) is 6.26. The van der Waals surface area contributed by atoms with Crippen molar-refractivity contribution >= 4 is 17.6 Å². The molecule has 0 aromatic heterocycles. The molecule has 0 radical (unpaired) electrons. The monoisotopic (exact) mass is 319 g/mol. The Hall–Kier alpha value is -2.24. The molecule has 1 aromatic carbocycles. The first kappa shape index (κ1) is 17.1. The van der Waals surface area contributed by atoms with E-state index in [0.29, 0.717) is 36.9 Å². The predicted molar refractivity (Wildman–Crippen MR) is 89.6 cm³/mol. The first-order valence-corrected chi connectivity index (χ1v) is 8.09. The minimum Gasteiger partial charge on any atom is -0.495 e. The molecule has 2 N–H and O–H groups in total. The second kappa shape index (κ2) is 8.41. The van der Waals surface area contributed by atoms with E-state index in [0.717, 1.165) is 19.4 Å². The van der Waals surface area contributed by atoms with Crippen LogP contribution in [-0.4, -0.2) is 43.6 Å². The van der Waals surface area contributed by atoms with Gasteiger partial charge in [-0.3, -0.25) is 4.79 Å². The highest BCUT2D eigenvalue weighted by Gasteiger charge is 2.24. The predicted octanol–water partition coefficient (Wildman–Crippen LogP) is 2.47. The number of anilines is 1. The van der Waals surface area contributed by atoms with Gasteiger partial charge in [-0.1, -0.05) is 19.1 Å². The normalized spacial score (nSPS) is 17.5. The van der Waals surface area contributed by atoms with Crippen LogP contribution in [0.25, 0.3) is 0 Å². The van der Waals surface area contributed by atoms with Gasteiger partial charge in [0.1, 0.15) is 5.75 Å². The van der Waals surface area contributed by atoms with E-state index >= 15 is 0 Å². The second-order valence-corrected chi connectivity index (χ2v) is 5.74. The summed E-state index contributed by atoms with van der Waals surface area (Å²) in [4.78, 5) is 25.6. The first-order valence-electron chi connectivity index (χ1n) is 8.09. The summed E-state index contributed by atoms with van der Waals surface area (Å²) in [5.41, 5.74) is 0.668. The van der Waals surface area contributed by atoms with Gasteiger partial charge in [-0.2, -0.15) is 0 Å². The molecule has 1 aliphatic rings. The fraction of sp³-hybridized carbons (Fsp3) is 0.529. The van der Waals surface area contributed by atoms with Crippen LogP contribution >= 0.6 is 0 Å². The third-order valence-electron chi connectivity index (χ3n) is 4.06. The van der Waals surface area contributed by atoms with E-state index in [1.807, 2.05) is 31.2 Å². The minimum atomic E-state index is -0.124. The van der Waals surface area contributed by atoms with Crippen LogP contribution in [0.2, 0.25) is 0 Å². The Morgan fingerprint density at radius 2 is 2.13 bits per heavy atom. The lowest BCUT2D eigenvalue weighted by molar-refractivity contribution is -0.121. The Morgan fingerprint density at radius 1 is 1.35 bits per heavy atom. The third kappa shape index (κ3) is 4.87. The number of rotatable bonds is 5. The van der Waals surface area contributed by atoms with E-state index < -0.39 is 0 Å². The van der Waals surface area contributed by atoms with Crippen LogP contribution in [0.15, 0.2) is 24.3 Å². The van der Waals surface area contributed by atoms with Gasteiger partial charge in [0, 0.05) is 26.1 Å². The van der Waals surface area contributed by atoms with Gasteiger partial charge in [0.25, 0.3) is 0 Å². The second-order valence-electron chi connectivity index (χ2n) is 5.74. The Morgan fingerprint density at radius 3 is 2.87 bits per heavy atom. The number of ether oxygens (including phenoxy) is 1. The van der Waals surface area contributed by atoms with Crippen molar-refractivity contribution in [1.82, 2.24) is 10.2 Å². The molecule has 1 aliphatic heterocycles. The zero-order valence-corrected chi connectivity index (χ0v) is 13.8. The molecule has 1 atom stereocenters. The molecular formula is C17H25N3O3. The van der Waals surface area contributed by atoms with Crippen molar-refractivity contribution in [3.05, 3.63) is 24.3 Å². The van der Waals surface area contributed by atoms with Gasteiger partial charge in [0.15, 0.2) is 0 Å². The maximum Gasteiger partial charge on any atom is 0.321 e. The highest BCUT2D eigenvalue weighted by molar-refractivity contribution is 5.91. The number of carbonyl (C=O) groups excluding carboxylic acids is 2. The lowest BCUT2D eigenvalue weighted by atomic mass is 9.98. The van der Waals surface area contributed by atoms with Crippen molar-refractivity contribution < 1.29 is 14.3 Å². The standard InChI is InChI=1S/C17H25N3O3/c1-3-16(21)18-11-13-7-6-10-20(12-13)17(22)19-14-8-4-5-9-15(14)23-2/h4-5,8-9,13H,3,6-7,10-12H2,1-2H3,(H,18,21)(H,19,22). The molecule has 0 aliphatic carbocycles.